The monoisotopic (exact) mass is 343 g/mol. The van der Waals surface area contributed by atoms with Crippen molar-refractivity contribution in [2.24, 2.45) is 0 Å². The maximum Gasteiger partial charge on any atom is 0.259 e. The fraction of sp³-hybridized carbons (Fsp3) is 0.353. The van der Waals surface area contributed by atoms with Gasteiger partial charge in [0.25, 0.3) is 5.88 Å². The van der Waals surface area contributed by atoms with Gasteiger partial charge in [0.1, 0.15) is 10.7 Å². The van der Waals surface area contributed by atoms with Crippen LogP contribution < -0.4 is 10.1 Å². The average Bonchev–Trinajstić information content (AvgIpc) is 3.24. The van der Waals surface area contributed by atoms with E-state index in [2.05, 4.69) is 40.7 Å². The summed E-state index contributed by atoms with van der Waals surface area (Å²) in [6.07, 6.45) is 10.1. The SMILES string of the molecule is C=CCCOc1nc(-c2ncc(C(C)NCC)s2)cn2ccnc12. The molecule has 3 aromatic rings. The number of ether oxygens (including phenoxy) is 1. The van der Waals surface area contributed by atoms with Crippen LogP contribution in [0.1, 0.15) is 31.2 Å². The third kappa shape index (κ3) is 3.47. The molecule has 1 N–H and O–H groups in total. The van der Waals surface area contributed by atoms with Crippen LogP contribution in [-0.4, -0.2) is 32.5 Å². The molecule has 0 aromatic carbocycles. The molecule has 0 bridgehead atoms. The van der Waals surface area contributed by atoms with Gasteiger partial charge in [-0.2, -0.15) is 0 Å². The molecule has 24 heavy (non-hydrogen) atoms. The van der Waals surface area contributed by atoms with Gasteiger partial charge in [0.05, 0.1) is 6.61 Å². The number of rotatable bonds is 8. The molecular weight excluding hydrogens is 322 g/mol. The summed E-state index contributed by atoms with van der Waals surface area (Å²) >= 11 is 1.64. The highest BCUT2D eigenvalue weighted by Crippen LogP contribution is 2.29. The lowest BCUT2D eigenvalue weighted by atomic mass is 10.3. The number of nitrogens with one attached hydrogen (secondary N) is 1. The smallest absolute Gasteiger partial charge is 0.259 e. The first kappa shape index (κ1) is 16.6. The molecule has 3 heterocycles. The third-order valence-corrected chi connectivity index (χ3v) is 4.79. The van der Waals surface area contributed by atoms with Crippen molar-refractivity contribution in [1.82, 2.24) is 24.7 Å². The molecule has 0 spiro atoms. The molecule has 0 radical (unpaired) electrons. The molecule has 3 rings (SSSR count). The van der Waals surface area contributed by atoms with E-state index in [-0.39, 0.29) is 6.04 Å². The molecule has 0 aliphatic rings. The summed E-state index contributed by atoms with van der Waals surface area (Å²) in [6.45, 7) is 9.40. The second-order valence-corrected chi connectivity index (χ2v) is 6.42. The largest absolute Gasteiger partial charge is 0.475 e. The number of fused-ring (bicyclic) bond motifs is 1. The van der Waals surface area contributed by atoms with E-state index < -0.39 is 0 Å². The van der Waals surface area contributed by atoms with E-state index >= 15 is 0 Å². The molecule has 0 amide bonds. The van der Waals surface area contributed by atoms with Crippen molar-refractivity contribution < 1.29 is 4.74 Å². The lowest BCUT2D eigenvalue weighted by Gasteiger charge is -2.08. The van der Waals surface area contributed by atoms with E-state index in [1.54, 1.807) is 17.5 Å². The van der Waals surface area contributed by atoms with E-state index in [0.29, 0.717) is 18.1 Å². The Morgan fingerprint density at radius 2 is 2.33 bits per heavy atom. The molecule has 7 heteroatoms. The number of hydrogen-bond donors (Lipinski definition) is 1. The Hall–Kier alpha value is -2.25. The van der Waals surface area contributed by atoms with Gasteiger partial charge in [-0.1, -0.05) is 13.0 Å². The number of aromatic nitrogens is 4. The van der Waals surface area contributed by atoms with Gasteiger partial charge in [-0.05, 0) is 19.9 Å². The predicted molar refractivity (Wildman–Crippen MR) is 96.5 cm³/mol. The highest BCUT2D eigenvalue weighted by Gasteiger charge is 2.15. The molecular formula is C17H21N5OS. The minimum Gasteiger partial charge on any atom is -0.475 e. The van der Waals surface area contributed by atoms with Crippen LogP contribution in [0.15, 0.2) is 37.4 Å². The van der Waals surface area contributed by atoms with Gasteiger partial charge >= 0.3 is 0 Å². The van der Waals surface area contributed by atoms with E-state index in [1.807, 2.05) is 29.1 Å². The minimum atomic E-state index is 0.279. The van der Waals surface area contributed by atoms with Crippen LogP contribution in [0.4, 0.5) is 0 Å². The van der Waals surface area contributed by atoms with Crippen molar-refractivity contribution in [2.75, 3.05) is 13.2 Å². The first-order valence-electron chi connectivity index (χ1n) is 7.99. The molecule has 126 valence electrons. The standard InChI is InChI=1S/C17H21N5OS/c1-4-6-9-23-16-15-19-7-8-22(15)11-13(21-16)17-20-10-14(24-17)12(3)18-5-2/h4,7-8,10-12,18H,1,5-6,9H2,2-3H3. The Labute approximate surface area is 145 Å². The van der Waals surface area contributed by atoms with Gasteiger partial charge < -0.3 is 14.5 Å². The highest BCUT2D eigenvalue weighted by atomic mass is 32.1. The van der Waals surface area contributed by atoms with Gasteiger partial charge in [0.2, 0.25) is 5.65 Å². The fourth-order valence-electron chi connectivity index (χ4n) is 2.35. The quantitative estimate of drug-likeness (QED) is 0.501. The first-order valence-corrected chi connectivity index (χ1v) is 8.81. The van der Waals surface area contributed by atoms with Crippen molar-refractivity contribution in [3.63, 3.8) is 0 Å². The lowest BCUT2D eigenvalue weighted by molar-refractivity contribution is 0.315. The maximum atomic E-state index is 5.77. The minimum absolute atomic E-state index is 0.279. The molecule has 3 aromatic heterocycles. The van der Waals surface area contributed by atoms with Crippen LogP contribution in [0, 0.1) is 0 Å². The van der Waals surface area contributed by atoms with Crippen molar-refractivity contribution >= 4 is 17.0 Å². The summed E-state index contributed by atoms with van der Waals surface area (Å²) in [5.74, 6) is 0.524. The van der Waals surface area contributed by atoms with Gasteiger partial charge in [-0.15, -0.1) is 17.9 Å². The first-order chi connectivity index (χ1) is 11.7. The topological polar surface area (TPSA) is 64.3 Å². The van der Waals surface area contributed by atoms with Gasteiger partial charge in [-0.3, -0.25) is 0 Å². The van der Waals surface area contributed by atoms with Crippen LogP contribution in [0.25, 0.3) is 16.3 Å². The fourth-order valence-corrected chi connectivity index (χ4v) is 3.25. The van der Waals surface area contributed by atoms with Crippen molar-refractivity contribution in [1.29, 1.82) is 0 Å². The Kier molecular flexibility index (Phi) is 5.22. The van der Waals surface area contributed by atoms with Gasteiger partial charge in [-0.25, -0.2) is 15.0 Å². The van der Waals surface area contributed by atoms with E-state index in [4.69, 9.17) is 4.74 Å². The molecule has 0 aliphatic carbocycles. The summed E-state index contributed by atoms with van der Waals surface area (Å²) in [7, 11) is 0. The number of hydrogen-bond acceptors (Lipinski definition) is 6. The summed E-state index contributed by atoms with van der Waals surface area (Å²) in [4.78, 5) is 14.7. The molecule has 1 atom stereocenters. The molecule has 0 fully saturated rings. The van der Waals surface area contributed by atoms with Crippen LogP contribution in [0.3, 0.4) is 0 Å². The summed E-state index contributed by atoms with van der Waals surface area (Å²) in [6, 6.07) is 0.279. The summed E-state index contributed by atoms with van der Waals surface area (Å²) in [5.41, 5.74) is 1.50. The zero-order chi connectivity index (χ0) is 16.9. The van der Waals surface area contributed by atoms with Crippen molar-refractivity contribution in [2.45, 2.75) is 26.3 Å². The van der Waals surface area contributed by atoms with Crippen molar-refractivity contribution in [3.05, 3.63) is 42.3 Å². The van der Waals surface area contributed by atoms with Crippen LogP contribution in [-0.2, 0) is 0 Å². The Morgan fingerprint density at radius 1 is 1.46 bits per heavy atom. The Morgan fingerprint density at radius 3 is 3.12 bits per heavy atom. The zero-order valence-corrected chi connectivity index (χ0v) is 14.7. The van der Waals surface area contributed by atoms with Crippen LogP contribution >= 0.6 is 11.3 Å². The zero-order valence-electron chi connectivity index (χ0n) is 13.9. The Balaban J connectivity index is 1.92. The third-order valence-electron chi connectivity index (χ3n) is 3.58. The number of nitrogens with zero attached hydrogens (tertiary/aromatic N) is 4. The van der Waals surface area contributed by atoms with Crippen molar-refractivity contribution in [3.8, 4) is 16.6 Å². The summed E-state index contributed by atoms with van der Waals surface area (Å²) < 4.78 is 7.69. The number of imidazole rings is 1. The van der Waals surface area contributed by atoms with E-state index in [0.717, 1.165) is 23.7 Å². The van der Waals surface area contributed by atoms with Gasteiger partial charge in [0, 0.05) is 35.7 Å². The molecule has 0 saturated carbocycles. The van der Waals surface area contributed by atoms with E-state index in [1.165, 1.54) is 4.88 Å². The molecule has 1 unspecified atom stereocenters. The second kappa shape index (κ2) is 7.55. The average molecular weight is 343 g/mol. The molecule has 0 saturated heterocycles. The predicted octanol–water partition coefficient (Wildman–Crippen LogP) is 3.48. The number of thiazole rings is 1. The van der Waals surface area contributed by atoms with Crippen LogP contribution in [0.2, 0.25) is 0 Å². The second-order valence-electron chi connectivity index (χ2n) is 5.36. The maximum absolute atomic E-state index is 5.77. The summed E-state index contributed by atoms with van der Waals surface area (Å²) in [5, 5.41) is 4.27. The van der Waals surface area contributed by atoms with Crippen LogP contribution in [0.5, 0.6) is 5.88 Å². The Bertz CT molecular complexity index is 825. The lowest BCUT2D eigenvalue weighted by Crippen LogP contribution is -2.16. The van der Waals surface area contributed by atoms with E-state index in [9.17, 15) is 0 Å². The molecule has 0 aliphatic heterocycles. The highest BCUT2D eigenvalue weighted by molar-refractivity contribution is 7.15. The molecule has 6 nitrogen and oxygen atoms in total. The van der Waals surface area contributed by atoms with Gasteiger partial charge in [0.15, 0.2) is 0 Å². The normalized spacial score (nSPS) is 12.4.